The lowest BCUT2D eigenvalue weighted by Crippen LogP contribution is -2.28. The van der Waals surface area contributed by atoms with E-state index in [0.717, 1.165) is 26.0 Å². The fraction of sp³-hybridized carbons (Fsp3) is 0.222. The summed E-state index contributed by atoms with van der Waals surface area (Å²) in [6.07, 6.45) is 0.335. The molecule has 0 aliphatic heterocycles. The van der Waals surface area contributed by atoms with Crippen LogP contribution in [-0.2, 0) is 16.0 Å². The van der Waals surface area contributed by atoms with E-state index in [9.17, 15) is 4.79 Å². The van der Waals surface area contributed by atoms with Gasteiger partial charge in [0.25, 0.3) is 0 Å². The highest BCUT2D eigenvalue weighted by molar-refractivity contribution is 7.17. The molecule has 0 saturated heterocycles. The summed E-state index contributed by atoms with van der Waals surface area (Å²) in [7, 11) is 1.62. The fourth-order valence-corrected chi connectivity index (χ4v) is 4.17. The zero-order valence-electron chi connectivity index (χ0n) is 13.3. The van der Waals surface area contributed by atoms with Crippen LogP contribution in [0.4, 0.5) is 0 Å². The molecule has 1 N–H and O–H groups in total. The van der Waals surface area contributed by atoms with Gasteiger partial charge in [0, 0.05) is 24.1 Å². The number of hydrogen-bond donors (Lipinski definition) is 1. The zero-order chi connectivity index (χ0) is 16.8. The molecule has 0 aliphatic rings. The second-order valence-corrected chi connectivity index (χ2v) is 7.18. The number of carbonyl (C=O) groups excluding carboxylic acids is 1. The van der Waals surface area contributed by atoms with Crippen LogP contribution < -0.4 is 5.32 Å². The van der Waals surface area contributed by atoms with Crippen molar-refractivity contribution < 1.29 is 9.53 Å². The molecule has 124 valence electrons. The lowest BCUT2D eigenvalue weighted by Gasteiger charge is -2.04. The first-order valence-electron chi connectivity index (χ1n) is 7.62. The number of carbonyl (C=O) groups is 1. The predicted octanol–water partition coefficient (Wildman–Crippen LogP) is 3.84. The molecule has 1 aromatic carbocycles. The number of nitrogens with zero attached hydrogens (tertiary/aromatic N) is 1. The largest absolute Gasteiger partial charge is 0.383 e. The second kappa shape index (κ2) is 8.19. The summed E-state index contributed by atoms with van der Waals surface area (Å²) in [6.45, 7) is 1.04. The van der Waals surface area contributed by atoms with Crippen molar-refractivity contribution in [2.45, 2.75) is 6.42 Å². The van der Waals surface area contributed by atoms with Crippen molar-refractivity contribution in [3.63, 3.8) is 0 Å². The van der Waals surface area contributed by atoms with Crippen molar-refractivity contribution in [3.05, 3.63) is 52.7 Å². The molecule has 0 spiro atoms. The molecular formula is C18H18N2O2S2. The first kappa shape index (κ1) is 16.8. The summed E-state index contributed by atoms with van der Waals surface area (Å²) < 4.78 is 4.96. The van der Waals surface area contributed by atoms with Crippen LogP contribution >= 0.6 is 22.7 Å². The van der Waals surface area contributed by atoms with Crippen molar-refractivity contribution >= 4 is 28.6 Å². The van der Waals surface area contributed by atoms with Gasteiger partial charge in [-0.15, -0.1) is 22.7 Å². The topological polar surface area (TPSA) is 51.2 Å². The van der Waals surface area contributed by atoms with E-state index < -0.39 is 0 Å². The number of thiazole rings is 1. The minimum absolute atomic E-state index is 0.00637. The molecular weight excluding hydrogens is 340 g/mol. The lowest BCUT2D eigenvalue weighted by atomic mass is 10.2. The number of benzene rings is 1. The SMILES string of the molecule is COCCNC(=O)Cc1sc(-c2ccccc2)nc1-c1cccs1. The summed E-state index contributed by atoms with van der Waals surface area (Å²) in [6, 6.07) is 14.1. The van der Waals surface area contributed by atoms with E-state index in [1.807, 2.05) is 47.8 Å². The van der Waals surface area contributed by atoms with Gasteiger partial charge in [0.15, 0.2) is 0 Å². The van der Waals surface area contributed by atoms with E-state index in [0.29, 0.717) is 19.6 Å². The van der Waals surface area contributed by atoms with Crippen molar-refractivity contribution in [2.75, 3.05) is 20.3 Å². The van der Waals surface area contributed by atoms with E-state index in [1.54, 1.807) is 29.8 Å². The average molecular weight is 358 g/mol. The summed E-state index contributed by atoms with van der Waals surface area (Å²) in [5.74, 6) is -0.00637. The lowest BCUT2D eigenvalue weighted by molar-refractivity contribution is -0.120. The Bertz CT molecular complexity index is 783. The number of ether oxygens (including phenoxy) is 1. The molecule has 4 nitrogen and oxygen atoms in total. The number of amides is 1. The van der Waals surface area contributed by atoms with Crippen molar-refractivity contribution in [1.29, 1.82) is 0 Å². The minimum atomic E-state index is -0.00637. The normalized spacial score (nSPS) is 10.7. The van der Waals surface area contributed by atoms with Crippen LogP contribution in [0, 0.1) is 0 Å². The monoisotopic (exact) mass is 358 g/mol. The van der Waals surface area contributed by atoms with Gasteiger partial charge in [0.2, 0.25) is 5.91 Å². The van der Waals surface area contributed by atoms with Gasteiger partial charge in [-0.3, -0.25) is 4.79 Å². The Morgan fingerprint density at radius 1 is 1.21 bits per heavy atom. The molecule has 1 amide bonds. The van der Waals surface area contributed by atoms with Crippen molar-refractivity contribution in [1.82, 2.24) is 10.3 Å². The van der Waals surface area contributed by atoms with Crippen LogP contribution in [0.5, 0.6) is 0 Å². The Morgan fingerprint density at radius 2 is 2.04 bits per heavy atom. The van der Waals surface area contributed by atoms with Crippen LogP contribution in [0.2, 0.25) is 0 Å². The van der Waals surface area contributed by atoms with Crippen LogP contribution in [0.3, 0.4) is 0 Å². The van der Waals surface area contributed by atoms with Crippen molar-refractivity contribution in [3.8, 4) is 21.1 Å². The van der Waals surface area contributed by atoms with Gasteiger partial charge in [-0.2, -0.15) is 0 Å². The highest BCUT2D eigenvalue weighted by Crippen LogP contribution is 2.36. The Labute approximate surface area is 149 Å². The summed E-state index contributed by atoms with van der Waals surface area (Å²) >= 11 is 3.22. The molecule has 2 heterocycles. The third kappa shape index (κ3) is 4.08. The average Bonchev–Trinajstić information content (AvgIpc) is 3.25. The molecule has 2 aromatic heterocycles. The molecule has 24 heavy (non-hydrogen) atoms. The Hall–Kier alpha value is -2.02. The smallest absolute Gasteiger partial charge is 0.225 e. The molecule has 3 aromatic rings. The van der Waals surface area contributed by atoms with Gasteiger partial charge in [0.1, 0.15) is 5.01 Å². The molecule has 0 unspecified atom stereocenters. The van der Waals surface area contributed by atoms with Gasteiger partial charge in [-0.25, -0.2) is 4.98 Å². The minimum Gasteiger partial charge on any atom is -0.383 e. The third-order valence-electron chi connectivity index (χ3n) is 3.42. The number of thiophene rings is 1. The summed E-state index contributed by atoms with van der Waals surface area (Å²) in [5.41, 5.74) is 1.99. The number of rotatable bonds is 7. The van der Waals surface area contributed by atoms with Gasteiger partial charge in [0.05, 0.1) is 23.6 Å². The van der Waals surface area contributed by atoms with E-state index in [1.165, 1.54) is 0 Å². The standard InChI is InChI=1S/C18H18N2O2S2/c1-22-10-9-19-16(21)12-15-17(14-8-5-11-23-14)20-18(24-15)13-6-3-2-4-7-13/h2-8,11H,9-10,12H2,1H3,(H,19,21). The van der Waals surface area contributed by atoms with Crippen molar-refractivity contribution in [2.24, 2.45) is 0 Å². The number of aromatic nitrogens is 1. The van der Waals surface area contributed by atoms with Gasteiger partial charge in [-0.1, -0.05) is 36.4 Å². The van der Waals surface area contributed by atoms with E-state index >= 15 is 0 Å². The second-order valence-electron chi connectivity index (χ2n) is 5.15. The Balaban J connectivity index is 1.86. The first-order valence-corrected chi connectivity index (χ1v) is 9.32. The van der Waals surface area contributed by atoms with Crippen LogP contribution in [-0.4, -0.2) is 31.2 Å². The van der Waals surface area contributed by atoms with Gasteiger partial charge >= 0.3 is 0 Å². The fourth-order valence-electron chi connectivity index (χ4n) is 2.28. The number of methoxy groups -OCH3 is 1. The number of nitrogens with one attached hydrogen (secondary N) is 1. The zero-order valence-corrected chi connectivity index (χ0v) is 15.0. The van der Waals surface area contributed by atoms with E-state index in [-0.39, 0.29) is 5.91 Å². The first-order chi connectivity index (χ1) is 11.8. The molecule has 0 aliphatic carbocycles. The molecule has 3 rings (SSSR count). The molecule has 0 bridgehead atoms. The van der Waals surface area contributed by atoms with E-state index in [2.05, 4.69) is 5.32 Å². The van der Waals surface area contributed by atoms with Crippen LogP contribution in [0.1, 0.15) is 4.88 Å². The highest BCUT2D eigenvalue weighted by Gasteiger charge is 2.17. The molecule has 0 saturated carbocycles. The van der Waals surface area contributed by atoms with Gasteiger partial charge < -0.3 is 10.1 Å². The highest BCUT2D eigenvalue weighted by atomic mass is 32.1. The quantitative estimate of drug-likeness (QED) is 0.653. The van der Waals surface area contributed by atoms with Crippen LogP contribution in [0.25, 0.3) is 21.1 Å². The Kier molecular flexibility index (Phi) is 5.74. The summed E-state index contributed by atoms with van der Waals surface area (Å²) in [4.78, 5) is 19.0. The maximum Gasteiger partial charge on any atom is 0.225 e. The number of hydrogen-bond acceptors (Lipinski definition) is 5. The maximum absolute atomic E-state index is 12.2. The van der Waals surface area contributed by atoms with E-state index in [4.69, 9.17) is 9.72 Å². The maximum atomic E-state index is 12.2. The predicted molar refractivity (Wildman–Crippen MR) is 99.5 cm³/mol. The molecule has 0 radical (unpaired) electrons. The molecule has 0 atom stereocenters. The Morgan fingerprint density at radius 3 is 2.75 bits per heavy atom. The third-order valence-corrected chi connectivity index (χ3v) is 5.40. The van der Waals surface area contributed by atoms with Crippen LogP contribution in [0.15, 0.2) is 47.8 Å². The molecule has 0 fully saturated rings. The summed E-state index contributed by atoms with van der Waals surface area (Å²) in [5, 5.41) is 5.84. The van der Waals surface area contributed by atoms with Gasteiger partial charge in [-0.05, 0) is 11.4 Å². The molecule has 6 heteroatoms.